The van der Waals surface area contributed by atoms with Crippen molar-refractivity contribution < 1.29 is 23.9 Å². The Hall–Kier alpha value is -1.99. The summed E-state index contributed by atoms with van der Waals surface area (Å²) in [7, 11) is 3.06. The molecular weight excluding hydrogens is 354 g/mol. The Kier molecular flexibility index (Phi) is 6.28. The number of carbonyl (C=O) groups excluding carboxylic acids is 3. The van der Waals surface area contributed by atoms with Gasteiger partial charge in [0, 0.05) is 13.0 Å². The van der Waals surface area contributed by atoms with Crippen molar-refractivity contribution in [1.29, 1.82) is 0 Å². The molecule has 0 N–H and O–H groups in total. The number of halogens is 1. The minimum Gasteiger partial charge on any atom is -0.493 e. The van der Waals surface area contributed by atoms with E-state index >= 15 is 0 Å². The normalized spacial score (nSPS) is 16.0. The van der Waals surface area contributed by atoms with Crippen LogP contribution >= 0.6 is 23.4 Å². The molecule has 0 aliphatic carbocycles. The fourth-order valence-corrected chi connectivity index (χ4v) is 3.16. The zero-order valence-corrected chi connectivity index (χ0v) is 14.8. The van der Waals surface area contributed by atoms with E-state index in [1.165, 1.54) is 14.2 Å². The smallest absolute Gasteiger partial charge is 0.293 e. The lowest BCUT2D eigenvalue weighted by molar-refractivity contribution is -0.123. The molecule has 1 fully saturated rings. The summed E-state index contributed by atoms with van der Waals surface area (Å²) >= 11 is 6.13. The fourth-order valence-electron chi connectivity index (χ4n) is 2.16. The zero-order chi connectivity index (χ0) is 17.7. The summed E-state index contributed by atoms with van der Waals surface area (Å²) < 4.78 is 10.4. The van der Waals surface area contributed by atoms with Gasteiger partial charge in [-0.15, -0.1) is 0 Å². The Morgan fingerprint density at radius 1 is 1.25 bits per heavy atom. The van der Waals surface area contributed by atoms with Crippen molar-refractivity contribution in [3.63, 3.8) is 0 Å². The minimum absolute atomic E-state index is 0.123. The summed E-state index contributed by atoms with van der Waals surface area (Å²) in [5.41, 5.74) is 0.717. The molecule has 1 aliphatic heterocycles. The van der Waals surface area contributed by atoms with Crippen molar-refractivity contribution in [2.75, 3.05) is 20.8 Å². The van der Waals surface area contributed by atoms with Crippen LogP contribution in [-0.2, 0) is 9.59 Å². The van der Waals surface area contributed by atoms with Gasteiger partial charge in [0.25, 0.3) is 11.1 Å². The second kappa shape index (κ2) is 8.21. The standard InChI is InChI=1S/C16H16ClNO5S/c1-22-11-6-5-10(8-12(11)23-2)9-13-15(20)18(16(21)24-13)7-3-4-14(17)19/h5-6,8-9H,3-4,7H2,1-2H3/b13-9-. The molecular formula is C16H16ClNO5S. The molecule has 24 heavy (non-hydrogen) atoms. The van der Waals surface area contributed by atoms with Crippen molar-refractivity contribution in [3.05, 3.63) is 28.7 Å². The van der Waals surface area contributed by atoms with Crippen LogP contribution in [0.2, 0.25) is 0 Å². The van der Waals surface area contributed by atoms with E-state index in [1.807, 2.05) is 0 Å². The van der Waals surface area contributed by atoms with Crippen LogP contribution in [0.3, 0.4) is 0 Å². The summed E-state index contributed by atoms with van der Waals surface area (Å²) in [6.45, 7) is 0.173. The third-order valence-electron chi connectivity index (χ3n) is 3.33. The van der Waals surface area contributed by atoms with Crippen molar-refractivity contribution >= 4 is 45.8 Å². The Morgan fingerprint density at radius 3 is 2.58 bits per heavy atom. The zero-order valence-electron chi connectivity index (χ0n) is 13.2. The van der Waals surface area contributed by atoms with Crippen LogP contribution in [0, 0.1) is 0 Å². The molecule has 128 valence electrons. The highest BCUT2D eigenvalue weighted by Gasteiger charge is 2.34. The topological polar surface area (TPSA) is 72.9 Å². The number of methoxy groups -OCH3 is 2. The van der Waals surface area contributed by atoms with Crippen LogP contribution in [0.15, 0.2) is 23.1 Å². The highest BCUT2D eigenvalue weighted by molar-refractivity contribution is 8.18. The van der Waals surface area contributed by atoms with E-state index in [4.69, 9.17) is 21.1 Å². The predicted octanol–water partition coefficient (Wildman–Crippen LogP) is 3.29. The van der Waals surface area contributed by atoms with Gasteiger partial charge in [0.05, 0.1) is 19.1 Å². The first-order valence-electron chi connectivity index (χ1n) is 7.12. The Bertz CT molecular complexity index is 704. The lowest BCUT2D eigenvalue weighted by Gasteiger charge is -2.11. The summed E-state index contributed by atoms with van der Waals surface area (Å²) in [6, 6.07) is 5.21. The number of carbonyl (C=O) groups is 3. The number of imide groups is 1. The monoisotopic (exact) mass is 369 g/mol. The van der Waals surface area contributed by atoms with Crippen molar-refractivity contribution in [2.45, 2.75) is 12.8 Å². The van der Waals surface area contributed by atoms with Gasteiger partial charge in [-0.25, -0.2) is 0 Å². The molecule has 0 bridgehead atoms. The van der Waals surface area contributed by atoms with E-state index < -0.39 is 5.24 Å². The minimum atomic E-state index is -0.483. The number of rotatable bonds is 7. The molecule has 0 spiro atoms. The molecule has 8 heteroatoms. The average molecular weight is 370 g/mol. The molecule has 0 unspecified atom stereocenters. The van der Waals surface area contributed by atoms with Gasteiger partial charge in [-0.05, 0) is 53.6 Å². The van der Waals surface area contributed by atoms with E-state index in [-0.39, 0.29) is 24.1 Å². The van der Waals surface area contributed by atoms with Gasteiger partial charge in [0.2, 0.25) is 5.24 Å². The summed E-state index contributed by atoms with van der Waals surface area (Å²) in [5, 5.41) is -0.836. The summed E-state index contributed by atoms with van der Waals surface area (Å²) in [5.74, 6) is 0.737. The van der Waals surface area contributed by atoms with Gasteiger partial charge in [0.15, 0.2) is 11.5 Å². The molecule has 1 aromatic carbocycles. The van der Waals surface area contributed by atoms with Gasteiger partial charge >= 0.3 is 0 Å². The third-order valence-corrected chi connectivity index (χ3v) is 4.43. The second-order valence-electron chi connectivity index (χ2n) is 4.91. The highest BCUT2D eigenvalue weighted by Crippen LogP contribution is 2.34. The lowest BCUT2D eigenvalue weighted by Crippen LogP contribution is -2.29. The number of benzene rings is 1. The van der Waals surface area contributed by atoms with Crippen LogP contribution in [0.4, 0.5) is 4.79 Å². The molecule has 1 aliphatic rings. The largest absolute Gasteiger partial charge is 0.493 e. The van der Waals surface area contributed by atoms with Gasteiger partial charge in [0.1, 0.15) is 0 Å². The van der Waals surface area contributed by atoms with Crippen LogP contribution in [0.5, 0.6) is 11.5 Å². The summed E-state index contributed by atoms with van der Waals surface area (Å²) in [6.07, 6.45) is 2.10. The first-order chi connectivity index (χ1) is 11.5. The van der Waals surface area contributed by atoms with E-state index in [9.17, 15) is 14.4 Å². The number of nitrogens with zero attached hydrogens (tertiary/aromatic N) is 1. The van der Waals surface area contributed by atoms with E-state index in [0.717, 1.165) is 16.7 Å². The predicted molar refractivity (Wildman–Crippen MR) is 92.3 cm³/mol. The van der Waals surface area contributed by atoms with Crippen LogP contribution < -0.4 is 9.47 Å². The van der Waals surface area contributed by atoms with Gasteiger partial charge in [-0.3, -0.25) is 19.3 Å². The molecule has 2 amide bonds. The molecule has 1 heterocycles. The maximum Gasteiger partial charge on any atom is 0.293 e. The number of ether oxygens (including phenoxy) is 2. The van der Waals surface area contributed by atoms with Crippen molar-refractivity contribution in [1.82, 2.24) is 4.90 Å². The quantitative estimate of drug-likeness (QED) is 0.542. The molecule has 0 saturated carbocycles. The van der Waals surface area contributed by atoms with Gasteiger partial charge in [-0.1, -0.05) is 6.07 Å². The highest BCUT2D eigenvalue weighted by atomic mass is 35.5. The van der Waals surface area contributed by atoms with E-state index in [1.54, 1.807) is 24.3 Å². The van der Waals surface area contributed by atoms with Crippen LogP contribution in [-0.4, -0.2) is 42.1 Å². The number of thioether (sulfide) groups is 1. The third kappa shape index (κ3) is 4.30. The molecule has 0 atom stereocenters. The fraction of sp³-hybridized carbons (Fsp3) is 0.312. The average Bonchev–Trinajstić information content (AvgIpc) is 2.81. The Morgan fingerprint density at radius 2 is 1.96 bits per heavy atom. The Labute approximate surface area is 148 Å². The molecule has 1 saturated heterocycles. The van der Waals surface area contributed by atoms with Crippen LogP contribution in [0.25, 0.3) is 6.08 Å². The van der Waals surface area contributed by atoms with Crippen molar-refractivity contribution in [3.8, 4) is 11.5 Å². The van der Waals surface area contributed by atoms with Gasteiger partial charge < -0.3 is 9.47 Å². The molecule has 1 aromatic rings. The van der Waals surface area contributed by atoms with Crippen molar-refractivity contribution in [2.24, 2.45) is 0 Å². The SMILES string of the molecule is COc1ccc(/C=C2\SC(=O)N(CCCC(=O)Cl)C2=O)cc1OC. The maximum absolute atomic E-state index is 12.3. The van der Waals surface area contributed by atoms with E-state index in [2.05, 4.69) is 0 Å². The molecule has 6 nitrogen and oxygen atoms in total. The molecule has 0 radical (unpaired) electrons. The number of hydrogen-bond donors (Lipinski definition) is 0. The maximum atomic E-state index is 12.3. The first-order valence-corrected chi connectivity index (χ1v) is 8.31. The first kappa shape index (κ1) is 18.4. The second-order valence-corrected chi connectivity index (χ2v) is 6.32. The van der Waals surface area contributed by atoms with E-state index in [0.29, 0.717) is 28.4 Å². The lowest BCUT2D eigenvalue weighted by atomic mass is 10.2. The van der Waals surface area contributed by atoms with Gasteiger partial charge in [-0.2, -0.15) is 0 Å². The van der Waals surface area contributed by atoms with Crippen LogP contribution in [0.1, 0.15) is 18.4 Å². The number of hydrogen-bond acceptors (Lipinski definition) is 6. The number of amides is 2. The molecule has 2 rings (SSSR count). The Balaban J connectivity index is 2.14. The molecule has 0 aromatic heterocycles. The summed E-state index contributed by atoms with van der Waals surface area (Å²) in [4.78, 5) is 36.4.